The molecule has 3 unspecified atom stereocenters. The highest BCUT2D eigenvalue weighted by molar-refractivity contribution is 5.20. The summed E-state index contributed by atoms with van der Waals surface area (Å²) < 4.78 is 12.9. The Labute approximate surface area is 114 Å². The average Bonchev–Trinajstić information content (AvgIpc) is 2.46. The van der Waals surface area contributed by atoms with Gasteiger partial charge in [-0.1, -0.05) is 25.0 Å². The van der Waals surface area contributed by atoms with Crippen LogP contribution in [0.25, 0.3) is 0 Å². The van der Waals surface area contributed by atoms with E-state index in [-0.39, 0.29) is 18.5 Å². The van der Waals surface area contributed by atoms with Gasteiger partial charge in [-0.2, -0.15) is 0 Å². The second-order valence-corrected chi connectivity index (χ2v) is 5.34. The number of hydrogen-bond acceptors (Lipinski definition) is 3. The molecule has 1 aromatic rings. The zero-order chi connectivity index (χ0) is 13.7. The molecule has 0 bridgehead atoms. The summed E-state index contributed by atoms with van der Waals surface area (Å²) in [4.78, 5) is 0. The topological polar surface area (TPSA) is 58.3 Å². The predicted octanol–water partition coefficient (Wildman–Crippen LogP) is 1.97. The Hall–Kier alpha value is -0.970. The maximum absolute atomic E-state index is 12.9. The summed E-state index contributed by atoms with van der Waals surface area (Å²) in [5.74, 6) is 0.0775. The van der Waals surface area contributed by atoms with Crippen molar-refractivity contribution in [2.24, 2.45) is 11.7 Å². The van der Waals surface area contributed by atoms with Crippen molar-refractivity contribution in [2.75, 3.05) is 13.2 Å². The largest absolute Gasteiger partial charge is 0.396 e. The average molecular weight is 266 g/mol. The van der Waals surface area contributed by atoms with Crippen molar-refractivity contribution in [1.29, 1.82) is 0 Å². The summed E-state index contributed by atoms with van der Waals surface area (Å²) in [5, 5.41) is 13.0. The van der Waals surface area contributed by atoms with Crippen LogP contribution in [0, 0.1) is 11.7 Å². The zero-order valence-electron chi connectivity index (χ0n) is 11.2. The number of rotatable bonds is 5. The molecule has 0 radical (unpaired) electrons. The van der Waals surface area contributed by atoms with E-state index in [1.807, 2.05) is 0 Å². The van der Waals surface area contributed by atoms with Gasteiger partial charge in [0.05, 0.1) is 0 Å². The third kappa shape index (κ3) is 3.75. The van der Waals surface area contributed by atoms with E-state index in [9.17, 15) is 9.50 Å². The highest BCUT2D eigenvalue weighted by atomic mass is 19.1. The number of hydrogen-bond donors (Lipinski definition) is 3. The maximum atomic E-state index is 12.9. The first-order valence-electron chi connectivity index (χ1n) is 7.07. The molecule has 1 saturated carbocycles. The van der Waals surface area contributed by atoms with Crippen molar-refractivity contribution in [3.05, 3.63) is 35.6 Å². The van der Waals surface area contributed by atoms with Gasteiger partial charge in [-0.05, 0) is 36.5 Å². The first kappa shape index (κ1) is 14.4. The van der Waals surface area contributed by atoms with Crippen molar-refractivity contribution < 1.29 is 9.50 Å². The molecule has 0 aromatic heterocycles. The summed E-state index contributed by atoms with van der Waals surface area (Å²) >= 11 is 0. The maximum Gasteiger partial charge on any atom is 0.123 e. The molecule has 0 aliphatic heterocycles. The normalized spacial score (nSPS) is 25.2. The molecule has 3 atom stereocenters. The Morgan fingerprint density at radius 2 is 1.95 bits per heavy atom. The molecule has 106 valence electrons. The van der Waals surface area contributed by atoms with Crippen LogP contribution in [0.4, 0.5) is 4.39 Å². The van der Waals surface area contributed by atoms with E-state index < -0.39 is 0 Å². The second kappa shape index (κ2) is 6.98. The third-order valence-corrected chi connectivity index (χ3v) is 4.07. The van der Waals surface area contributed by atoms with Crippen LogP contribution < -0.4 is 11.1 Å². The molecule has 0 spiro atoms. The van der Waals surface area contributed by atoms with Crippen LogP contribution in [-0.4, -0.2) is 24.3 Å². The Morgan fingerprint density at radius 1 is 1.26 bits per heavy atom. The van der Waals surface area contributed by atoms with E-state index in [0.29, 0.717) is 18.5 Å². The Bertz CT molecular complexity index is 382. The molecule has 4 heteroatoms. The molecule has 1 aliphatic carbocycles. The van der Waals surface area contributed by atoms with Gasteiger partial charge in [-0.3, -0.25) is 0 Å². The number of nitrogens with two attached hydrogens (primary N) is 1. The summed E-state index contributed by atoms with van der Waals surface area (Å²) in [6.45, 7) is 0.693. The lowest BCUT2D eigenvalue weighted by molar-refractivity contribution is 0.146. The van der Waals surface area contributed by atoms with Crippen LogP contribution in [0.3, 0.4) is 0 Å². The first-order valence-corrected chi connectivity index (χ1v) is 7.07. The standard InChI is InChI=1S/C15H23FN2O/c16-13-7-5-11(6-8-13)15(9-17)18-14-4-2-1-3-12(14)10-19/h5-8,12,14-15,18-19H,1-4,9-10,17H2. The number of aliphatic hydroxyl groups is 1. The highest BCUT2D eigenvalue weighted by Crippen LogP contribution is 2.26. The minimum Gasteiger partial charge on any atom is -0.396 e. The van der Waals surface area contributed by atoms with Gasteiger partial charge in [0.2, 0.25) is 0 Å². The van der Waals surface area contributed by atoms with Crippen LogP contribution in [-0.2, 0) is 0 Å². The lowest BCUT2D eigenvalue weighted by atomic mass is 9.84. The van der Waals surface area contributed by atoms with E-state index in [1.54, 1.807) is 12.1 Å². The van der Waals surface area contributed by atoms with Gasteiger partial charge in [0.15, 0.2) is 0 Å². The Balaban J connectivity index is 2.03. The van der Waals surface area contributed by atoms with Gasteiger partial charge in [-0.15, -0.1) is 0 Å². The lowest BCUT2D eigenvalue weighted by Gasteiger charge is -2.34. The monoisotopic (exact) mass is 266 g/mol. The van der Waals surface area contributed by atoms with Gasteiger partial charge in [0.25, 0.3) is 0 Å². The second-order valence-electron chi connectivity index (χ2n) is 5.34. The molecule has 19 heavy (non-hydrogen) atoms. The molecule has 0 amide bonds. The van der Waals surface area contributed by atoms with Gasteiger partial charge in [-0.25, -0.2) is 4.39 Å². The summed E-state index contributed by atoms with van der Waals surface area (Å²) in [6, 6.07) is 6.80. The van der Waals surface area contributed by atoms with Crippen molar-refractivity contribution in [3.8, 4) is 0 Å². The van der Waals surface area contributed by atoms with Crippen LogP contribution in [0.5, 0.6) is 0 Å². The molecule has 1 aromatic carbocycles. The molecule has 0 heterocycles. The fourth-order valence-electron chi connectivity index (χ4n) is 2.90. The van der Waals surface area contributed by atoms with Gasteiger partial charge >= 0.3 is 0 Å². The van der Waals surface area contributed by atoms with Crippen LogP contribution in [0.15, 0.2) is 24.3 Å². The van der Waals surface area contributed by atoms with E-state index in [1.165, 1.54) is 25.0 Å². The molecular formula is C15H23FN2O. The molecular weight excluding hydrogens is 243 g/mol. The van der Waals surface area contributed by atoms with Crippen LogP contribution >= 0.6 is 0 Å². The lowest BCUT2D eigenvalue weighted by Crippen LogP contribution is -2.44. The SMILES string of the molecule is NCC(NC1CCCCC1CO)c1ccc(F)cc1. The fourth-order valence-corrected chi connectivity index (χ4v) is 2.90. The minimum atomic E-state index is -0.231. The van der Waals surface area contributed by atoms with E-state index in [4.69, 9.17) is 5.73 Å². The van der Waals surface area contributed by atoms with Gasteiger partial charge in [0.1, 0.15) is 5.82 Å². The van der Waals surface area contributed by atoms with Gasteiger partial charge in [0, 0.05) is 25.2 Å². The molecule has 4 N–H and O–H groups in total. The number of benzene rings is 1. The number of nitrogens with one attached hydrogen (secondary N) is 1. The van der Waals surface area contributed by atoms with E-state index in [0.717, 1.165) is 18.4 Å². The van der Waals surface area contributed by atoms with Gasteiger partial charge < -0.3 is 16.2 Å². The Kier molecular flexibility index (Phi) is 5.31. The van der Waals surface area contributed by atoms with Crippen LogP contribution in [0.2, 0.25) is 0 Å². The van der Waals surface area contributed by atoms with E-state index in [2.05, 4.69) is 5.32 Å². The molecule has 1 aliphatic rings. The van der Waals surface area contributed by atoms with Crippen molar-refractivity contribution in [1.82, 2.24) is 5.32 Å². The number of halogens is 1. The summed E-state index contributed by atoms with van der Waals surface area (Å²) in [7, 11) is 0. The minimum absolute atomic E-state index is 0.0257. The van der Waals surface area contributed by atoms with E-state index >= 15 is 0 Å². The fraction of sp³-hybridized carbons (Fsp3) is 0.600. The number of aliphatic hydroxyl groups excluding tert-OH is 1. The first-order chi connectivity index (χ1) is 9.24. The zero-order valence-corrected chi connectivity index (χ0v) is 11.2. The van der Waals surface area contributed by atoms with Crippen molar-refractivity contribution in [2.45, 2.75) is 37.8 Å². The molecule has 1 fully saturated rings. The highest BCUT2D eigenvalue weighted by Gasteiger charge is 2.26. The predicted molar refractivity (Wildman–Crippen MR) is 74.2 cm³/mol. The smallest absolute Gasteiger partial charge is 0.123 e. The Morgan fingerprint density at radius 3 is 2.58 bits per heavy atom. The molecule has 3 nitrogen and oxygen atoms in total. The summed E-state index contributed by atoms with van der Waals surface area (Å²) in [6.07, 6.45) is 4.51. The molecule has 2 rings (SSSR count). The van der Waals surface area contributed by atoms with Crippen molar-refractivity contribution >= 4 is 0 Å². The summed E-state index contributed by atoms with van der Waals surface area (Å²) in [5.41, 5.74) is 6.83. The molecule has 0 saturated heterocycles. The van der Waals surface area contributed by atoms with Crippen LogP contribution in [0.1, 0.15) is 37.3 Å². The third-order valence-electron chi connectivity index (χ3n) is 4.07. The quantitative estimate of drug-likeness (QED) is 0.763. The van der Waals surface area contributed by atoms with Crippen molar-refractivity contribution in [3.63, 3.8) is 0 Å².